The van der Waals surface area contributed by atoms with Crippen LogP contribution in [0.25, 0.3) is 0 Å². The van der Waals surface area contributed by atoms with Crippen molar-refractivity contribution in [1.82, 2.24) is 0 Å². The van der Waals surface area contributed by atoms with Crippen LogP contribution in [0.1, 0.15) is 24.8 Å². The lowest BCUT2D eigenvalue weighted by atomic mass is 9.89. The molecule has 0 aromatic heterocycles. The Hall–Kier alpha value is -1.90. The topological polar surface area (TPSA) is 43.4 Å². The van der Waals surface area contributed by atoms with E-state index in [1.165, 1.54) is 6.08 Å². The quantitative estimate of drug-likeness (QED) is 0.745. The molecule has 1 aliphatic rings. The maximum atomic E-state index is 11.3. The molecule has 1 aromatic rings. The van der Waals surface area contributed by atoms with Crippen LogP contribution < -0.4 is 0 Å². The fourth-order valence-electron chi connectivity index (χ4n) is 2.04. The van der Waals surface area contributed by atoms with Crippen LogP contribution in [0, 0.1) is 0 Å². The van der Waals surface area contributed by atoms with Crippen molar-refractivity contribution in [1.29, 1.82) is 0 Å². The van der Waals surface area contributed by atoms with Crippen LogP contribution in [0.3, 0.4) is 0 Å². The van der Waals surface area contributed by atoms with E-state index in [0.29, 0.717) is 6.42 Å². The van der Waals surface area contributed by atoms with E-state index in [9.17, 15) is 9.59 Å². The zero-order valence-corrected chi connectivity index (χ0v) is 9.63. The molecular weight excluding hydrogens is 216 g/mol. The molecule has 3 nitrogen and oxygen atoms in total. The lowest BCUT2D eigenvalue weighted by Gasteiger charge is -2.21. The normalized spacial score (nSPS) is 20.1. The summed E-state index contributed by atoms with van der Waals surface area (Å²) in [6.45, 7) is 1.55. The largest absolute Gasteiger partial charge is 0.454 e. The van der Waals surface area contributed by atoms with Crippen LogP contribution in [-0.2, 0) is 14.3 Å². The molecule has 17 heavy (non-hydrogen) atoms. The van der Waals surface area contributed by atoms with Gasteiger partial charge in [0.25, 0.3) is 0 Å². The van der Waals surface area contributed by atoms with Crippen molar-refractivity contribution in [2.45, 2.75) is 25.4 Å². The number of esters is 1. The molecule has 3 heteroatoms. The van der Waals surface area contributed by atoms with Gasteiger partial charge in [-0.1, -0.05) is 30.3 Å². The van der Waals surface area contributed by atoms with Crippen molar-refractivity contribution < 1.29 is 14.3 Å². The smallest absolute Gasteiger partial charge is 0.331 e. The fraction of sp³-hybridized carbons (Fsp3) is 0.286. The second-order valence-electron chi connectivity index (χ2n) is 4.18. The summed E-state index contributed by atoms with van der Waals surface area (Å²) in [5.74, 6) is -0.328. The van der Waals surface area contributed by atoms with Crippen LogP contribution >= 0.6 is 0 Å². The Morgan fingerprint density at radius 2 is 2.06 bits per heavy atom. The third kappa shape index (κ3) is 2.81. The first kappa shape index (κ1) is 11.6. The summed E-state index contributed by atoms with van der Waals surface area (Å²) in [5.41, 5.74) is 1.02. The van der Waals surface area contributed by atoms with E-state index in [0.717, 1.165) is 5.56 Å². The number of carbonyl (C=O) groups is 2. The monoisotopic (exact) mass is 230 g/mol. The van der Waals surface area contributed by atoms with Crippen molar-refractivity contribution in [2.24, 2.45) is 0 Å². The van der Waals surface area contributed by atoms with Crippen molar-refractivity contribution in [2.75, 3.05) is 0 Å². The zero-order valence-electron chi connectivity index (χ0n) is 9.63. The van der Waals surface area contributed by atoms with Crippen LogP contribution in [0.15, 0.2) is 42.5 Å². The zero-order chi connectivity index (χ0) is 12.3. The summed E-state index contributed by atoms with van der Waals surface area (Å²) in [6.07, 6.45) is 3.20. The number of carbonyl (C=O) groups excluding carboxylic acids is 2. The molecule has 0 fully saturated rings. The summed E-state index contributed by atoms with van der Waals surface area (Å²) < 4.78 is 5.18. The highest BCUT2D eigenvalue weighted by atomic mass is 16.5. The first-order valence-electron chi connectivity index (χ1n) is 5.60. The van der Waals surface area contributed by atoms with Gasteiger partial charge in [0, 0.05) is 18.4 Å². The third-order valence-electron chi connectivity index (χ3n) is 2.81. The van der Waals surface area contributed by atoms with Gasteiger partial charge in [-0.2, -0.15) is 0 Å². The Labute approximate surface area is 100 Å². The van der Waals surface area contributed by atoms with Crippen LogP contribution in [0.5, 0.6) is 0 Å². The van der Waals surface area contributed by atoms with Gasteiger partial charge in [0.1, 0.15) is 11.9 Å². The van der Waals surface area contributed by atoms with Gasteiger partial charge in [0.05, 0.1) is 0 Å². The molecule has 2 atom stereocenters. The number of rotatable bonds is 4. The minimum atomic E-state index is -0.334. The van der Waals surface area contributed by atoms with Crippen molar-refractivity contribution in [3.63, 3.8) is 0 Å². The number of hydrogen-bond acceptors (Lipinski definition) is 3. The van der Waals surface area contributed by atoms with E-state index < -0.39 is 0 Å². The summed E-state index contributed by atoms with van der Waals surface area (Å²) in [7, 11) is 0. The Bertz CT molecular complexity index is 448. The Balaban J connectivity index is 2.23. The summed E-state index contributed by atoms with van der Waals surface area (Å²) >= 11 is 0. The lowest BCUT2D eigenvalue weighted by molar-refractivity contribution is -0.140. The van der Waals surface area contributed by atoms with Gasteiger partial charge in [-0.05, 0) is 18.6 Å². The average Bonchev–Trinajstić information content (AvgIpc) is 2.73. The highest BCUT2D eigenvalue weighted by Gasteiger charge is 2.28. The predicted molar refractivity (Wildman–Crippen MR) is 63.5 cm³/mol. The molecular formula is C14H14O3. The molecule has 0 radical (unpaired) electrons. The second-order valence-corrected chi connectivity index (χ2v) is 4.18. The highest BCUT2D eigenvalue weighted by molar-refractivity contribution is 5.85. The van der Waals surface area contributed by atoms with E-state index in [2.05, 4.69) is 0 Å². The molecule has 1 unspecified atom stereocenters. The van der Waals surface area contributed by atoms with E-state index in [1.54, 1.807) is 13.0 Å². The van der Waals surface area contributed by atoms with E-state index in [4.69, 9.17) is 4.74 Å². The number of Topliss-reactive ketones (excluding diaryl/α,β-unsaturated/α-hetero) is 1. The van der Waals surface area contributed by atoms with Crippen LogP contribution in [0.2, 0.25) is 0 Å². The predicted octanol–water partition coefficient (Wildman–Crippen LogP) is 2.23. The molecule has 0 saturated heterocycles. The van der Waals surface area contributed by atoms with Gasteiger partial charge in [0.15, 0.2) is 0 Å². The molecule has 0 N–H and O–H groups in total. The van der Waals surface area contributed by atoms with Gasteiger partial charge >= 0.3 is 5.97 Å². The Kier molecular flexibility index (Phi) is 3.38. The molecule has 0 spiro atoms. The van der Waals surface area contributed by atoms with Gasteiger partial charge in [0.2, 0.25) is 0 Å². The maximum Gasteiger partial charge on any atom is 0.331 e. The van der Waals surface area contributed by atoms with Gasteiger partial charge in [-0.15, -0.1) is 0 Å². The first-order valence-corrected chi connectivity index (χ1v) is 5.60. The maximum absolute atomic E-state index is 11.3. The molecule has 88 valence electrons. The minimum absolute atomic E-state index is 0.0867. The fourth-order valence-corrected chi connectivity index (χ4v) is 2.04. The van der Waals surface area contributed by atoms with Crippen molar-refractivity contribution in [3.05, 3.63) is 48.0 Å². The third-order valence-corrected chi connectivity index (χ3v) is 2.81. The molecule has 0 bridgehead atoms. The van der Waals surface area contributed by atoms with E-state index in [1.807, 2.05) is 30.3 Å². The molecule has 0 amide bonds. The summed E-state index contributed by atoms with van der Waals surface area (Å²) in [6, 6.07) is 9.66. The van der Waals surface area contributed by atoms with Crippen molar-refractivity contribution in [3.8, 4) is 0 Å². The first-order chi connectivity index (χ1) is 8.16. The molecule has 0 saturated carbocycles. The summed E-state index contributed by atoms with van der Waals surface area (Å²) in [4.78, 5) is 22.4. The van der Waals surface area contributed by atoms with Gasteiger partial charge in [-0.3, -0.25) is 0 Å². The number of benzene rings is 1. The number of cyclic esters (lactones) is 1. The van der Waals surface area contributed by atoms with Crippen LogP contribution in [0.4, 0.5) is 0 Å². The van der Waals surface area contributed by atoms with E-state index >= 15 is 0 Å². The number of ketones is 1. The highest BCUT2D eigenvalue weighted by Crippen LogP contribution is 2.29. The standard InChI is InChI=1S/C14H14O3/c1-10(15)9-12(11-5-3-2-4-6-11)13-7-8-14(16)17-13/h2-8,12-13H,9H2,1H3/t12-,13?/m0/s1. The molecule has 2 rings (SSSR count). The minimum Gasteiger partial charge on any atom is -0.454 e. The van der Waals surface area contributed by atoms with Crippen LogP contribution in [-0.4, -0.2) is 17.9 Å². The number of ether oxygens (including phenoxy) is 1. The number of hydrogen-bond donors (Lipinski definition) is 0. The van der Waals surface area contributed by atoms with E-state index in [-0.39, 0.29) is 23.8 Å². The average molecular weight is 230 g/mol. The Morgan fingerprint density at radius 3 is 2.59 bits per heavy atom. The van der Waals surface area contributed by atoms with Gasteiger partial charge in [-0.25, -0.2) is 4.79 Å². The molecule has 1 aliphatic heterocycles. The molecule has 1 aromatic carbocycles. The molecule has 1 heterocycles. The lowest BCUT2D eigenvalue weighted by Crippen LogP contribution is -2.20. The second kappa shape index (κ2) is 4.95. The van der Waals surface area contributed by atoms with Gasteiger partial charge < -0.3 is 9.53 Å². The Morgan fingerprint density at radius 1 is 1.35 bits per heavy atom. The molecule has 0 aliphatic carbocycles. The van der Waals surface area contributed by atoms with Crippen molar-refractivity contribution >= 4 is 11.8 Å². The SMILES string of the molecule is CC(=O)C[C@@H](c1ccccc1)C1C=CC(=O)O1. The summed E-state index contributed by atoms with van der Waals surface area (Å²) in [5, 5.41) is 0.